The molecule has 1 saturated heterocycles. The highest BCUT2D eigenvalue weighted by Crippen LogP contribution is 2.32. The number of hydrogen-bond donors (Lipinski definition) is 1. The lowest BCUT2D eigenvalue weighted by Gasteiger charge is -2.42. The summed E-state index contributed by atoms with van der Waals surface area (Å²) in [5.74, 6) is 0.797. The summed E-state index contributed by atoms with van der Waals surface area (Å²) in [4.78, 5) is 22.4. The number of aromatic carboxylic acids is 1. The van der Waals surface area contributed by atoms with Crippen LogP contribution in [0.2, 0.25) is 0 Å². The molecular formula is C16H25N3O2. The van der Waals surface area contributed by atoms with Crippen LogP contribution in [-0.4, -0.2) is 33.6 Å². The molecule has 1 N–H and O–H groups in total. The molecule has 1 fully saturated rings. The van der Waals surface area contributed by atoms with Crippen LogP contribution in [0.3, 0.4) is 0 Å². The van der Waals surface area contributed by atoms with Gasteiger partial charge in [-0.15, -0.1) is 0 Å². The Labute approximate surface area is 126 Å². The zero-order chi connectivity index (χ0) is 15.7. The molecule has 5 nitrogen and oxygen atoms in total. The summed E-state index contributed by atoms with van der Waals surface area (Å²) in [6, 6.07) is 0.299. The lowest BCUT2D eigenvalue weighted by atomic mass is 9.85. The van der Waals surface area contributed by atoms with Gasteiger partial charge < -0.3 is 10.0 Å². The van der Waals surface area contributed by atoms with Gasteiger partial charge in [-0.1, -0.05) is 27.7 Å². The number of carboxylic acid groups (broad SMARTS) is 1. The summed E-state index contributed by atoms with van der Waals surface area (Å²) >= 11 is 0. The minimum Gasteiger partial charge on any atom is -0.476 e. The van der Waals surface area contributed by atoms with E-state index in [2.05, 4.69) is 35.6 Å². The fourth-order valence-corrected chi connectivity index (χ4v) is 3.07. The molecule has 1 aromatic rings. The maximum Gasteiger partial charge on any atom is 0.356 e. The third kappa shape index (κ3) is 3.17. The molecule has 0 saturated carbocycles. The minimum absolute atomic E-state index is 0.119. The Morgan fingerprint density at radius 1 is 1.38 bits per heavy atom. The van der Waals surface area contributed by atoms with Gasteiger partial charge in [0.1, 0.15) is 5.82 Å². The van der Waals surface area contributed by atoms with Crippen molar-refractivity contribution in [2.45, 2.75) is 53.0 Å². The average Bonchev–Trinajstić information content (AvgIpc) is 2.42. The fraction of sp³-hybridized carbons (Fsp3) is 0.688. The first-order chi connectivity index (χ1) is 9.81. The summed E-state index contributed by atoms with van der Waals surface area (Å²) in [6.07, 6.45) is 2.86. The van der Waals surface area contributed by atoms with Crippen LogP contribution in [0.4, 0.5) is 5.69 Å². The second-order valence-electron chi connectivity index (χ2n) is 6.63. The Morgan fingerprint density at radius 3 is 2.62 bits per heavy atom. The Balaban J connectivity index is 2.44. The maximum absolute atomic E-state index is 11.6. The van der Waals surface area contributed by atoms with E-state index < -0.39 is 5.97 Å². The molecular weight excluding hydrogens is 266 g/mol. The highest BCUT2D eigenvalue weighted by molar-refractivity contribution is 5.92. The first-order valence-corrected chi connectivity index (χ1v) is 7.68. The van der Waals surface area contributed by atoms with E-state index >= 15 is 0 Å². The van der Waals surface area contributed by atoms with Gasteiger partial charge >= 0.3 is 5.97 Å². The molecule has 1 aliphatic rings. The van der Waals surface area contributed by atoms with Crippen molar-refractivity contribution in [1.29, 1.82) is 0 Å². The molecule has 116 valence electrons. The second-order valence-corrected chi connectivity index (χ2v) is 6.63. The lowest BCUT2D eigenvalue weighted by molar-refractivity contribution is 0.0690. The molecule has 21 heavy (non-hydrogen) atoms. The number of anilines is 1. The van der Waals surface area contributed by atoms with E-state index in [9.17, 15) is 9.90 Å². The van der Waals surface area contributed by atoms with Crippen molar-refractivity contribution < 1.29 is 9.90 Å². The van der Waals surface area contributed by atoms with E-state index in [4.69, 9.17) is 0 Å². The van der Waals surface area contributed by atoms with E-state index in [1.165, 1.54) is 6.42 Å². The number of piperidine rings is 1. The van der Waals surface area contributed by atoms with E-state index in [-0.39, 0.29) is 11.6 Å². The highest BCUT2D eigenvalue weighted by Gasteiger charge is 2.32. The summed E-state index contributed by atoms with van der Waals surface area (Å²) in [5, 5.41) is 9.50. The van der Waals surface area contributed by atoms with Crippen LogP contribution in [0.25, 0.3) is 0 Å². The molecule has 1 aliphatic heterocycles. The molecule has 0 spiro atoms. The van der Waals surface area contributed by atoms with Crippen molar-refractivity contribution in [2.24, 2.45) is 11.8 Å². The standard InChI is InChI=1S/C16H25N3O2/c1-9(2)15-17-7-13(14(18-15)16(20)21)19-8-10(3)6-11(4)12(19)5/h7,9-12H,6,8H2,1-5H3,(H,20,21). The number of aromatic nitrogens is 2. The third-order valence-corrected chi connectivity index (χ3v) is 4.41. The number of carbonyl (C=O) groups is 1. The molecule has 0 bridgehead atoms. The Hall–Kier alpha value is -1.65. The van der Waals surface area contributed by atoms with E-state index in [0.717, 1.165) is 6.54 Å². The van der Waals surface area contributed by atoms with Gasteiger partial charge in [0.2, 0.25) is 0 Å². The smallest absolute Gasteiger partial charge is 0.356 e. The van der Waals surface area contributed by atoms with Gasteiger partial charge in [0.25, 0.3) is 0 Å². The second kappa shape index (κ2) is 6.00. The summed E-state index contributed by atoms with van der Waals surface area (Å²) in [7, 11) is 0. The molecule has 1 aromatic heterocycles. The summed E-state index contributed by atoms with van der Waals surface area (Å²) in [5.41, 5.74) is 0.777. The Kier molecular flexibility index (Phi) is 4.49. The van der Waals surface area contributed by atoms with E-state index in [1.54, 1.807) is 6.20 Å². The first-order valence-electron chi connectivity index (χ1n) is 7.68. The van der Waals surface area contributed by atoms with E-state index in [1.807, 2.05) is 13.8 Å². The highest BCUT2D eigenvalue weighted by atomic mass is 16.4. The van der Waals surface area contributed by atoms with Crippen LogP contribution < -0.4 is 4.90 Å². The van der Waals surface area contributed by atoms with Crippen molar-refractivity contribution in [3.05, 3.63) is 17.7 Å². The van der Waals surface area contributed by atoms with Gasteiger partial charge in [0.05, 0.1) is 11.9 Å². The van der Waals surface area contributed by atoms with Crippen LogP contribution in [0, 0.1) is 11.8 Å². The van der Waals surface area contributed by atoms with Crippen LogP contribution >= 0.6 is 0 Å². The van der Waals surface area contributed by atoms with Gasteiger partial charge in [-0.05, 0) is 25.2 Å². The van der Waals surface area contributed by atoms with Crippen LogP contribution in [-0.2, 0) is 0 Å². The maximum atomic E-state index is 11.6. The molecule has 0 aliphatic carbocycles. The largest absolute Gasteiger partial charge is 0.476 e. The van der Waals surface area contributed by atoms with Gasteiger partial charge in [-0.2, -0.15) is 0 Å². The van der Waals surface area contributed by atoms with Crippen molar-refractivity contribution in [1.82, 2.24) is 9.97 Å². The molecule has 3 atom stereocenters. The Morgan fingerprint density at radius 2 is 2.05 bits per heavy atom. The SMILES string of the molecule is CC1CC(C)C(C)N(c2cnc(C(C)C)nc2C(=O)O)C1. The number of rotatable bonds is 3. The van der Waals surface area contributed by atoms with Crippen LogP contribution in [0.5, 0.6) is 0 Å². The number of hydrogen-bond acceptors (Lipinski definition) is 4. The predicted octanol–water partition coefficient (Wildman–Crippen LogP) is 3.17. The minimum atomic E-state index is -0.979. The first kappa shape index (κ1) is 15.7. The average molecular weight is 291 g/mol. The number of nitrogens with zero attached hydrogens (tertiary/aromatic N) is 3. The predicted molar refractivity (Wildman–Crippen MR) is 82.8 cm³/mol. The van der Waals surface area contributed by atoms with Crippen molar-refractivity contribution >= 4 is 11.7 Å². The molecule has 0 amide bonds. The summed E-state index contributed by atoms with van der Waals surface area (Å²) in [6.45, 7) is 11.4. The fourth-order valence-electron chi connectivity index (χ4n) is 3.07. The van der Waals surface area contributed by atoms with Crippen LogP contribution in [0.1, 0.15) is 63.3 Å². The molecule has 5 heteroatoms. The quantitative estimate of drug-likeness (QED) is 0.926. The van der Waals surface area contributed by atoms with E-state index in [0.29, 0.717) is 29.4 Å². The zero-order valence-corrected chi connectivity index (χ0v) is 13.5. The van der Waals surface area contributed by atoms with Crippen molar-refractivity contribution in [3.8, 4) is 0 Å². The van der Waals surface area contributed by atoms with Gasteiger partial charge in [0.15, 0.2) is 5.69 Å². The van der Waals surface area contributed by atoms with Gasteiger partial charge in [-0.25, -0.2) is 14.8 Å². The normalized spacial score (nSPS) is 26.2. The molecule has 0 radical (unpaired) electrons. The summed E-state index contributed by atoms with van der Waals surface area (Å²) < 4.78 is 0. The van der Waals surface area contributed by atoms with Crippen LogP contribution in [0.15, 0.2) is 6.20 Å². The number of carboxylic acids is 1. The van der Waals surface area contributed by atoms with Crippen molar-refractivity contribution in [2.75, 3.05) is 11.4 Å². The third-order valence-electron chi connectivity index (χ3n) is 4.41. The molecule has 3 unspecified atom stereocenters. The van der Waals surface area contributed by atoms with Crippen molar-refractivity contribution in [3.63, 3.8) is 0 Å². The topological polar surface area (TPSA) is 66.3 Å². The molecule has 0 aromatic carbocycles. The Bertz CT molecular complexity index is 530. The lowest BCUT2D eigenvalue weighted by Crippen LogP contribution is -2.46. The van der Waals surface area contributed by atoms with Gasteiger partial charge in [0, 0.05) is 18.5 Å². The van der Waals surface area contributed by atoms with Gasteiger partial charge in [-0.3, -0.25) is 0 Å². The monoisotopic (exact) mass is 291 g/mol. The zero-order valence-electron chi connectivity index (χ0n) is 13.5. The molecule has 2 heterocycles. The molecule has 2 rings (SSSR count).